The molecule has 1 aromatic carbocycles. The van der Waals surface area contributed by atoms with Crippen LogP contribution in [0, 0.1) is 0 Å². The van der Waals surface area contributed by atoms with Gasteiger partial charge in [0.1, 0.15) is 5.82 Å². The van der Waals surface area contributed by atoms with Crippen LogP contribution in [0.5, 0.6) is 0 Å². The quantitative estimate of drug-likeness (QED) is 0.887. The molecule has 1 heterocycles. The van der Waals surface area contributed by atoms with Crippen molar-refractivity contribution < 1.29 is 4.79 Å². The standard InChI is InChI=1S/C16H22N4O/c1-5-12-6-8-13(9-7-12)11(4)17-16(21)15-18-14(10(2)3)19-20-15/h6-11H,5H2,1-4H3,(H,17,21)(H,18,19,20). The first-order valence-electron chi connectivity index (χ1n) is 7.33. The highest BCUT2D eigenvalue weighted by molar-refractivity contribution is 5.90. The Balaban J connectivity index is 2.03. The molecule has 1 unspecified atom stereocenters. The van der Waals surface area contributed by atoms with Gasteiger partial charge in [0, 0.05) is 5.92 Å². The van der Waals surface area contributed by atoms with Gasteiger partial charge >= 0.3 is 0 Å². The molecule has 0 aliphatic carbocycles. The minimum Gasteiger partial charge on any atom is -0.343 e. The summed E-state index contributed by atoms with van der Waals surface area (Å²) < 4.78 is 0. The second-order valence-electron chi connectivity index (χ2n) is 5.49. The molecular weight excluding hydrogens is 264 g/mol. The summed E-state index contributed by atoms with van der Waals surface area (Å²) in [5.74, 6) is 0.874. The van der Waals surface area contributed by atoms with Crippen LogP contribution in [0.3, 0.4) is 0 Å². The zero-order valence-electron chi connectivity index (χ0n) is 13.0. The molecule has 1 atom stereocenters. The highest BCUT2D eigenvalue weighted by Gasteiger charge is 2.16. The third-order valence-corrected chi connectivity index (χ3v) is 3.49. The molecule has 1 aromatic heterocycles. The van der Waals surface area contributed by atoms with Crippen molar-refractivity contribution in [1.29, 1.82) is 0 Å². The van der Waals surface area contributed by atoms with Crippen LogP contribution < -0.4 is 5.32 Å². The predicted octanol–water partition coefficient (Wildman–Crippen LogP) is 2.98. The molecule has 0 aliphatic rings. The Morgan fingerprint density at radius 3 is 2.43 bits per heavy atom. The molecule has 5 heteroatoms. The van der Waals surface area contributed by atoms with Gasteiger partial charge in [-0.2, -0.15) is 0 Å². The van der Waals surface area contributed by atoms with E-state index >= 15 is 0 Å². The molecule has 0 saturated carbocycles. The highest BCUT2D eigenvalue weighted by Crippen LogP contribution is 2.14. The number of benzene rings is 1. The smallest absolute Gasteiger partial charge is 0.291 e. The summed E-state index contributed by atoms with van der Waals surface area (Å²) in [5, 5.41) is 9.67. The lowest BCUT2D eigenvalue weighted by Crippen LogP contribution is -2.27. The molecule has 0 radical (unpaired) electrons. The third kappa shape index (κ3) is 3.68. The number of aromatic nitrogens is 3. The van der Waals surface area contributed by atoms with E-state index in [1.54, 1.807) is 0 Å². The fraction of sp³-hybridized carbons (Fsp3) is 0.438. The Labute approximate surface area is 125 Å². The van der Waals surface area contributed by atoms with E-state index < -0.39 is 0 Å². The first-order chi connectivity index (χ1) is 10.0. The number of aryl methyl sites for hydroxylation is 1. The molecule has 2 aromatic rings. The summed E-state index contributed by atoms with van der Waals surface area (Å²) in [5.41, 5.74) is 2.35. The number of amides is 1. The van der Waals surface area contributed by atoms with Crippen LogP contribution in [0.15, 0.2) is 24.3 Å². The zero-order chi connectivity index (χ0) is 15.4. The largest absolute Gasteiger partial charge is 0.343 e. The van der Waals surface area contributed by atoms with Crippen molar-refractivity contribution in [2.75, 3.05) is 0 Å². The molecule has 21 heavy (non-hydrogen) atoms. The van der Waals surface area contributed by atoms with Crippen LogP contribution >= 0.6 is 0 Å². The minimum atomic E-state index is -0.259. The topological polar surface area (TPSA) is 70.7 Å². The Kier molecular flexibility index (Phi) is 4.73. The number of carbonyl (C=O) groups is 1. The van der Waals surface area contributed by atoms with Crippen molar-refractivity contribution in [1.82, 2.24) is 20.5 Å². The minimum absolute atomic E-state index is 0.0793. The predicted molar refractivity (Wildman–Crippen MR) is 82.2 cm³/mol. The molecule has 0 aliphatic heterocycles. The molecule has 0 bridgehead atoms. The van der Waals surface area contributed by atoms with Crippen molar-refractivity contribution in [3.63, 3.8) is 0 Å². The third-order valence-electron chi connectivity index (χ3n) is 3.49. The molecule has 5 nitrogen and oxygen atoms in total. The van der Waals surface area contributed by atoms with Gasteiger partial charge in [-0.3, -0.25) is 9.89 Å². The molecule has 1 amide bonds. The number of H-pyrrole nitrogens is 1. The second kappa shape index (κ2) is 6.52. The number of hydrogen-bond acceptors (Lipinski definition) is 3. The maximum Gasteiger partial charge on any atom is 0.291 e. The maximum absolute atomic E-state index is 12.1. The summed E-state index contributed by atoms with van der Waals surface area (Å²) in [7, 11) is 0. The first kappa shape index (κ1) is 15.2. The van der Waals surface area contributed by atoms with Crippen LogP contribution in [-0.2, 0) is 6.42 Å². The molecule has 2 N–H and O–H groups in total. The zero-order valence-corrected chi connectivity index (χ0v) is 13.0. The van der Waals surface area contributed by atoms with Gasteiger partial charge in [0.15, 0.2) is 0 Å². The lowest BCUT2D eigenvalue weighted by Gasteiger charge is -2.13. The molecule has 112 valence electrons. The van der Waals surface area contributed by atoms with E-state index in [-0.39, 0.29) is 23.7 Å². The lowest BCUT2D eigenvalue weighted by atomic mass is 10.1. The van der Waals surface area contributed by atoms with E-state index in [0.29, 0.717) is 0 Å². The molecule has 0 spiro atoms. The van der Waals surface area contributed by atoms with Crippen molar-refractivity contribution in [3.8, 4) is 0 Å². The lowest BCUT2D eigenvalue weighted by molar-refractivity contribution is 0.0929. The van der Waals surface area contributed by atoms with Gasteiger partial charge < -0.3 is 5.32 Å². The van der Waals surface area contributed by atoms with Gasteiger partial charge in [0.25, 0.3) is 5.91 Å². The summed E-state index contributed by atoms with van der Waals surface area (Å²) in [6, 6.07) is 8.18. The van der Waals surface area contributed by atoms with E-state index in [2.05, 4.69) is 39.6 Å². The summed E-state index contributed by atoms with van der Waals surface area (Å²) in [6.45, 7) is 8.07. The van der Waals surface area contributed by atoms with Gasteiger partial charge in [-0.15, -0.1) is 5.10 Å². The SMILES string of the molecule is CCc1ccc(C(C)NC(=O)c2n[nH]c(C(C)C)n2)cc1. The number of hydrogen-bond donors (Lipinski definition) is 2. The summed E-state index contributed by atoms with van der Waals surface area (Å²) in [6.07, 6.45) is 1.01. The average Bonchev–Trinajstić information content (AvgIpc) is 2.97. The van der Waals surface area contributed by atoms with Gasteiger partial charge in [-0.25, -0.2) is 4.98 Å². The summed E-state index contributed by atoms with van der Waals surface area (Å²) in [4.78, 5) is 16.3. The molecular formula is C16H22N4O. The van der Waals surface area contributed by atoms with E-state index in [4.69, 9.17) is 0 Å². The van der Waals surface area contributed by atoms with Crippen LogP contribution in [-0.4, -0.2) is 21.1 Å². The van der Waals surface area contributed by atoms with E-state index in [1.807, 2.05) is 32.9 Å². The van der Waals surface area contributed by atoms with Crippen molar-refractivity contribution in [2.24, 2.45) is 0 Å². The normalized spacial score (nSPS) is 12.4. The number of carbonyl (C=O) groups excluding carboxylic acids is 1. The monoisotopic (exact) mass is 286 g/mol. The van der Waals surface area contributed by atoms with Gasteiger partial charge in [0.05, 0.1) is 6.04 Å². The number of aromatic amines is 1. The van der Waals surface area contributed by atoms with Gasteiger partial charge in [-0.05, 0) is 24.5 Å². The van der Waals surface area contributed by atoms with Crippen molar-refractivity contribution in [3.05, 3.63) is 47.0 Å². The fourth-order valence-corrected chi connectivity index (χ4v) is 2.02. The Morgan fingerprint density at radius 2 is 1.90 bits per heavy atom. The molecule has 2 rings (SSSR count). The highest BCUT2D eigenvalue weighted by atomic mass is 16.2. The van der Waals surface area contributed by atoms with Crippen molar-refractivity contribution in [2.45, 2.75) is 46.1 Å². The Hall–Kier alpha value is -2.17. The number of nitrogens with zero attached hydrogens (tertiary/aromatic N) is 2. The first-order valence-corrected chi connectivity index (χ1v) is 7.33. The van der Waals surface area contributed by atoms with Crippen LogP contribution in [0.25, 0.3) is 0 Å². The Morgan fingerprint density at radius 1 is 1.24 bits per heavy atom. The van der Waals surface area contributed by atoms with Crippen LogP contribution in [0.4, 0.5) is 0 Å². The van der Waals surface area contributed by atoms with E-state index in [1.165, 1.54) is 5.56 Å². The number of rotatable bonds is 5. The fourth-order valence-electron chi connectivity index (χ4n) is 2.02. The molecule has 0 fully saturated rings. The summed E-state index contributed by atoms with van der Waals surface area (Å²) >= 11 is 0. The average molecular weight is 286 g/mol. The number of nitrogens with one attached hydrogen (secondary N) is 2. The second-order valence-corrected chi connectivity index (χ2v) is 5.49. The maximum atomic E-state index is 12.1. The van der Waals surface area contributed by atoms with Crippen molar-refractivity contribution >= 4 is 5.91 Å². The van der Waals surface area contributed by atoms with Crippen LogP contribution in [0.1, 0.15) is 67.2 Å². The van der Waals surface area contributed by atoms with Gasteiger partial charge in [0.2, 0.25) is 5.82 Å². The molecule has 0 saturated heterocycles. The van der Waals surface area contributed by atoms with E-state index in [0.717, 1.165) is 17.8 Å². The van der Waals surface area contributed by atoms with Crippen LogP contribution in [0.2, 0.25) is 0 Å². The van der Waals surface area contributed by atoms with E-state index in [9.17, 15) is 4.79 Å². The van der Waals surface area contributed by atoms with Gasteiger partial charge in [-0.1, -0.05) is 45.0 Å². The Bertz CT molecular complexity index is 601.